The van der Waals surface area contributed by atoms with Gasteiger partial charge in [-0.1, -0.05) is 127 Å². The van der Waals surface area contributed by atoms with Gasteiger partial charge in [0.2, 0.25) is 0 Å². The molecule has 0 atom stereocenters. The molecule has 3 nitrogen and oxygen atoms in total. The normalized spacial score (nSPS) is 10.6. The number of carbonyl (C=O) groups is 2. The molecular weight excluding hydrogens is 432 g/mol. The van der Waals surface area contributed by atoms with Crippen LogP contribution in [-0.2, 0) is 9.53 Å². The predicted octanol–water partition coefficient (Wildman–Crippen LogP) is 9.22. The molecule has 0 saturated carbocycles. The van der Waals surface area contributed by atoms with Crippen LogP contribution >= 0.6 is 0 Å². The van der Waals surface area contributed by atoms with E-state index in [4.69, 9.17) is 4.74 Å². The predicted molar refractivity (Wildman–Crippen MR) is 148 cm³/mol. The Hall–Kier alpha value is -2.08. The number of benzene rings is 1. The zero-order valence-corrected chi connectivity index (χ0v) is 22.7. The molecule has 1 aromatic carbocycles. The number of carbonyl (C=O) groups excluding carboxylic acids is 2. The first-order valence-corrected chi connectivity index (χ1v) is 14.4. The van der Waals surface area contributed by atoms with Gasteiger partial charge in [0, 0.05) is 24.0 Å². The molecule has 0 fully saturated rings. The third-order valence-electron chi connectivity index (χ3n) is 6.46. The second-order valence-corrected chi connectivity index (χ2v) is 9.66. The van der Waals surface area contributed by atoms with E-state index in [1.807, 2.05) is 12.1 Å². The van der Waals surface area contributed by atoms with Crippen molar-refractivity contribution in [2.45, 2.75) is 136 Å². The number of esters is 1. The van der Waals surface area contributed by atoms with Gasteiger partial charge in [-0.2, -0.15) is 0 Å². The van der Waals surface area contributed by atoms with Gasteiger partial charge in [-0.25, -0.2) is 0 Å². The maximum atomic E-state index is 12.2. The van der Waals surface area contributed by atoms with Crippen molar-refractivity contribution in [1.82, 2.24) is 0 Å². The summed E-state index contributed by atoms with van der Waals surface area (Å²) in [5.74, 6) is 6.09. The van der Waals surface area contributed by atoms with Crippen LogP contribution in [0.2, 0.25) is 0 Å². The fraction of sp³-hybridized carbons (Fsp3) is 0.688. The van der Waals surface area contributed by atoms with Crippen LogP contribution in [0.25, 0.3) is 0 Å². The molecule has 0 amide bonds. The van der Waals surface area contributed by atoms with Crippen molar-refractivity contribution in [3.8, 4) is 11.8 Å². The van der Waals surface area contributed by atoms with Gasteiger partial charge >= 0.3 is 5.97 Å². The maximum Gasteiger partial charge on any atom is 0.306 e. The third-order valence-corrected chi connectivity index (χ3v) is 6.46. The van der Waals surface area contributed by atoms with Crippen LogP contribution in [0.3, 0.4) is 0 Å². The van der Waals surface area contributed by atoms with E-state index in [1.165, 1.54) is 96.3 Å². The van der Waals surface area contributed by atoms with E-state index in [2.05, 4.69) is 18.8 Å². The Labute approximate surface area is 215 Å². The number of Topliss-reactive ketones (excluding diaryl/α,β-unsaturated/α-hetero) is 1. The lowest BCUT2D eigenvalue weighted by Crippen LogP contribution is -2.07. The summed E-state index contributed by atoms with van der Waals surface area (Å²) >= 11 is 0. The zero-order chi connectivity index (χ0) is 25.4. The monoisotopic (exact) mass is 482 g/mol. The highest BCUT2D eigenvalue weighted by molar-refractivity contribution is 5.97. The quantitative estimate of drug-likeness (QED) is 0.0759. The van der Waals surface area contributed by atoms with Gasteiger partial charge in [0.25, 0.3) is 0 Å². The van der Waals surface area contributed by atoms with Crippen LogP contribution in [0, 0.1) is 11.8 Å². The topological polar surface area (TPSA) is 43.4 Å². The van der Waals surface area contributed by atoms with Gasteiger partial charge in [0.05, 0.1) is 13.0 Å². The molecule has 0 aliphatic carbocycles. The van der Waals surface area contributed by atoms with Crippen molar-refractivity contribution in [3.05, 3.63) is 35.4 Å². The van der Waals surface area contributed by atoms with Gasteiger partial charge in [0.15, 0.2) is 5.78 Å². The first-order chi connectivity index (χ1) is 17.2. The van der Waals surface area contributed by atoms with E-state index in [9.17, 15) is 9.59 Å². The van der Waals surface area contributed by atoms with Crippen LogP contribution in [0.1, 0.15) is 152 Å². The number of ether oxygens (including phenoxy) is 1. The Morgan fingerprint density at radius 3 is 1.63 bits per heavy atom. The molecular formula is C32H50O3. The summed E-state index contributed by atoms with van der Waals surface area (Å²) in [4.78, 5) is 23.5. The molecule has 0 aliphatic rings. The van der Waals surface area contributed by atoms with E-state index in [0.29, 0.717) is 12.2 Å². The van der Waals surface area contributed by atoms with Crippen molar-refractivity contribution in [2.75, 3.05) is 6.61 Å². The average molecular weight is 483 g/mol. The Bertz CT molecular complexity index is 723. The average Bonchev–Trinajstić information content (AvgIpc) is 2.87. The van der Waals surface area contributed by atoms with E-state index < -0.39 is 0 Å². The standard InChI is InChI=1S/C32H50O3/c1-3-5-6-7-8-9-10-11-12-13-14-15-16-17-18-19-20-21-22-29-23-25-30(26-24-29)31(33)27-28-32(34)35-4-2/h23-26H,3-20,27-28H2,1-2H3. The first-order valence-electron chi connectivity index (χ1n) is 14.4. The van der Waals surface area contributed by atoms with E-state index in [1.54, 1.807) is 19.1 Å². The van der Waals surface area contributed by atoms with Gasteiger partial charge in [-0.05, 0) is 25.5 Å². The van der Waals surface area contributed by atoms with Crippen LogP contribution in [0.15, 0.2) is 24.3 Å². The Balaban J connectivity index is 1.97. The zero-order valence-electron chi connectivity index (χ0n) is 22.7. The summed E-state index contributed by atoms with van der Waals surface area (Å²) in [5, 5.41) is 0. The number of unbranched alkanes of at least 4 members (excludes halogenated alkanes) is 16. The molecule has 0 unspecified atom stereocenters. The number of hydrogen-bond donors (Lipinski definition) is 0. The van der Waals surface area contributed by atoms with E-state index in [0.717, 1.165) is 18.4 Å². The Morgan fingerprint density at radius 2 is 1.14 bits per heavy atom. The van der Waals surface area contributed by atoms with Crippen molar-refractivity contribution in [2.24, 2.45) is 0 Å². The molecule has 0 N–H and O–H groups in total. The third kappa shape index (κ3) is 17.9. The molecule has 3 heteroatoms. The Morgan fingerprint density at radius 1 is 0.657 bits per heavy atom. The number of ketones is 1. The lowest BCUT2D eigenvalue weighted by atomic mass is 10.0. The molecule has 0 radical (unpaired) electrons. The maximum absolute atomic E-state index is 12.2. The smallest absolute Gasteiger partial charge is 0.306 e. The molecule has 0 bridgehead atoms. The van der Waals surface area contributed by atoms with Crippen molar-refractivity contribution in [1.29, 1.82) is 0 Å². The minimum absolute atomic E-state index is 0.0364. The fourth-order valence-corrected chi connectivity index (χ4v) is 4.26. The molecule has 196 valence electrons. The summed E-state index contributed by atoms with van der Waals surface area (Å²) in [6.07, 6.45) is 23.4. The fourth-order valence-electron chi connectivity index (χ4n) is 4.26. The van der Waals surface area contributed by atoms with Gasteiger partial charge in [-0.15, -0.1) is 0 Å². The summed E-state index contributed by atoms with van der Waals surface area (Å²) in [7, 11) is 0. The lowest BCUT2D eigenvalue weighted by molar-refractivity contribution is -0.143. The summed E-state index contributed by atoms with van der Waals surface area (Å²) in [6, 6.07) is 7.37. The second kappa shape index (κ2) is 22.4. The highest BCUT2D eigenvalue weighted by Gasteiger charge is 2.09. The summed E-state index contributed by atoms with van der Waals surface area (Å²) < 4.78 is 4.86. The molecule has 0 spiro atoms. The number of hydrogen-bond acceptors (Lipinski definition) is 3. The Kier molecular flexibility index (Phi) is 19.8. The van der Waals surface area contributed by atoms with E-state index >= 15 is 0 Å². The van der Waals surface area contributed by atoms with Gasteiger partial charge in [0.1, 0.15) is 0 Å². The molecule has 0 saturated heterocycles. The van der Waals surface area contributed by atoms with Gasteiger partial charge < -0.3 is 4.74 Å². The first kappa shape index (κ1) is 31.0. The largest absolute Gasteiger partial charge is 0.466 e. The van der Waals surface area contributed by atoms with Crippen molar-refractivity contribution < 1.29 is 14.3 Å². The minimum Gasteiger partial charge on any atom is -0.466 e. The number of rotatable bonds is 21. The van der Waals surface area contributed by atoms with Crippen molar-refractivity contribution >= 4 is 11.8 Å². The van der Waals surface area contributed by atoms with E-state index in [-0.39, 0.29) is 24.6 Å². The summed E-state index contributed by atoms with van der Waals surface area (Å²) in [6.45, 7) is 4.39. The lowest BCUT2D eigenvalue weighted by Gasteiger charge is -2.03. The van der Waals surface area contributed by atoms with Crippen LogP contribution in [-0.4, -0.2) is 18.4 Å². The van der Waals surface area contributed by atoms with Gasteiger partial charge in [-0.3, -0.25) is 9.59 Å². The molecule has 0 aliphatic heterocycles. The highest BCUT2D eigenvalue weighted by Crippen LogP contribution is 2.14. The van der Waals surface area contributed by atoms with Crippen molar-refractivity contribution in [3.63, 3.8) is 0 Å². The van der Waals surface area contributed by atoms with Crippen LogP contribution in [0.4, 0.5) is 0 Å². The van der Waals surface area contributed by atoms with Crippen LogP contribution in [0.5, 0.6) is 0 Å². The highest BCUT2D eigenvalue weighted by atomic mass is 16.5. The minimum atomic E-state index is -0.322. The summed E-state index contributed by atoms with van der Waals surface area (Å²) in [5.41, 5.74) is 1.56. The molecule has 35 heavy (non-hydrogen) atoms. The molecule has 1 rings (SSSR count). The second-order valence-electron chi connectivity index (χ2n) is 9.66. The molecule has 1 aromatic rings. The molecule has 0 heterocycles. The SMILES string of the molecule is CCCCCCCCCCCCCCCCCCC#Cc1ccc(C(=O)CCC(=O)OCC)cc1. The molecule has 0 aromatic heterocycles. The van der Waals surface area contributed by atoms with Crippen LogP contribution < -0.4 is 0 Å².